The quantitative estimate of drug-likeness (QED) is 0.109. The summed E-state index contributed by atoms with van der Waals surface area (Å²) in [5.41, 5.74) is 1.02. The number of carbonyl (C=O) groups is 2. The predicted molar refractivity (Wildman–Crippen MR) is 185 cm³/mol. The van der Waals surface area contributed by atoms with Crippen LogP contribution >= 0.6 is 0 Å². The molecule has 1 amide bonds. The van der Waals surface area contributed by atoms with E-state index in [2.05, 4.69) is 5.32 Å². The summed E-state index contributed by atoms with van der Waals surface area (Å²) < 4.78 is 28.6. The molecule has 0 aliphatic rings. The summed E-state index contributed by atoms with van der Waals surface area (Å²) in [6.07, 6.45) is 5.52. The number of amides is 1. The van der Waals surface area contributed by atoms with Crippen LogP contribution in [0.5, 0.6) is 17.2 Å². The van der Waals surface area contributed by atoms with E-state index in [0.717, 1.165) is 66.9 Å². The molecule has 0 spiro atoms. The molecule has 8 nitrogen and oxygen atoms in total. The molecular formula is C39H53NO7. The summed E-state index contributed by atoms with van der Waals surface area (Å²) in [6, 6.07) is 24.5. The highest BCUT2D eigenvalue weighted by Gasteiger charge is 2.26. The molecule has 0 saturated carbocycles. The number of carbonyl (C=O) groups excluding carboxylic acids is 2. The third-order valence-corrected chi connectivity index (χ3v) is 6.89. The van der Waals surface area contributed by atoms with Crippen LogP contribution in [-0.2, 0) is 27.3 Å². The minimum atomic E-state index is -0.864. The van der Waals surface area contributed by atoms with E-state index in [1.54, 1.807) is 20.8 Å². The second-order valence-corrected chi connectivity index (χ2v) is 13.6. The number of ether oxygens (including phenoxy) is 5. The zero-order chi connectivity index (χ0) is 34.1. The van der Waals surface area contributed by atoms with Gasteiger partial charge in [-0.3, -0.25) is 0 Å². The number of unbranched alkanes of at least 4 members (excludes halogenated alkanes) is 5. The molecule has 1 atom stereocenters. The van der Waals surface area contributed by atoms with Gasteiger partial charge >= 0.3 is 12.1 Å². The summed E-state index contributed by atoms with van der Waals surface area (Å²) in [5.74, 6) is 1.92. The van der Waals surface area contributed by atoms with Crippen LogP contribution in [0.3, 0.4) is 0 Å². The largest absolute Gasteiger partial charge is 0.494 e. The monoisotopic (exact) mass is 647 g/mol. The molecule has 0 aromatic heterocycles. The molecule has 0 bridgehead atoms. The SMILES string of the molecule is CC(C)(C)OC(=O)N[C@@H](Cc1ccc(OC(C)(C)C)cc1)C(=O)OCCCCCCCCOc1ccc(OCc2ccccc2)cc1. The van der Waals surface area contributed by atoms with E-state index < -0.39 is 23.7 Å². The molecule has 0 aliphatic carbocycles. The first-order valence-electron chi connectivity index (χ1n) is 16.7. The standard InChI is InChI=1S/C39H53NO7/c1-38(2,3)46-34-20-18-30(19-21-34)28-35(40-37(42)47-39(4,5)6)36(41)44-27-15-10-8-7-9-14-26-43-32-22-24-33(25-23-32)45-29-31-16-12-11-13-17-31/h11-13,16-25,35H,7-10,14-15,26-29H2,1-6H3,(H,40,42)/t35-/m0/s1. The molecule has 256 valence electrons. The number of nitrogens with one attached hydrogen (secondary N) is 1. The Hall–Kier alpha value is -4.20. The van der Waals surface area contributed by atoms with Crippen molar-refractivity contribution in [3.63, 3.8) is 0 Å². The Morgan fingerprint density at radius 3 is 1.77 bits per heavy atom. The molecule has 8 heteroatoms. The molecule has 0 saturated heterocycles. The smallest absolute Gasteiger partial charge is 0.408 e. The third kappa shape index (κ3) is 16.3. The molecule has 0 heterocycles. The Bertz CT molecular complexity index is 1330. The predicted octanol–water partition coefficient (Wildman–Crippen LogP) is 8.84. The second-order valence-electron chi connectivity index (χ2n) is 13.6. The lowest BCUT2D eigenvalue weighted by molar-refractivity contribution is -0.146. The molecule has 1 N–H and O–H groups in total. The summed E-state index contributed by atoms with van der Waals surface area (Å²) in [7, 11) is 0. The lowest BCUT2D eigenvalue weighted by Gasteiger charge is -2.23. The van der Waals surface area contributed by atoms with Gasteiger partial charge in [-0.05, 0) is 102 Å². The average Bonchev–Trinajstić information content (AvgIpc) is 3.01. The topological polar surface area (TPSA) is 92.3 Å². The first kappa shape index (κ1) is 37.3. The van der Waals surface area contributed by atoms with Gasteiger partial charge in [0.2, 0.25) is 0 Å². The lowest BCUT2D eigenvalue weighted by atomic mass is 10.1. The molecule has 3 rings (SSSR count). The van der Waals surface area contributed by atoms with Crippen LogP contribution in [0, 0.1) is 0 Å². The van der Waals surface area contributed by atoms with Gasteiger partial charge in [0.15, 0.2) is 0 Å². The molecule has 3 aromatic rings. The van der Waals surface area contributed by atoms with Gasteiger partial charge < -0.3 is 29.0 Å². The van der Waals surface area contributed by atoms with Crippen molar-refractivity contribution in [1.29, 1.82) is 0 Å². The van der Waals surface area contributed by atoms with E-state index in [4.69, 9.17) is 23.7 Å². The number of benzene rings is 3. The van der Waals surface area contributed by atoms with Gasteiger partial charge in [0, 0.05) is 6.42 Å². The summed E-state index contributed by atoms with van der Waals surface area (Å²) in [5, 5.41) is 2.70. The number of rotatable bonds is 18. The Morgan fingerprint density at radius 1 is 0.617 bits per heavy atom. The van der Waals surface area contributed by atoms with Crippen molar-refractivity contribution in [2.24, 2.45) is 0 Å². The van der Waals surface area contributed by atoms with E-state index in [0.29, 0.717) is 19.8 Å². The molecular weight excluding hydrogens is 594 g/mol. The van der Waals surface area contributed by atoms with Crippen LogP contribution in [0.15, 0.2) is 78.9 Å². The molecule has 3 aromatic carbocycles. The van der Waals surface area contributed by atoms with Gasteiger partial charge in [-0.2, -0.15) is 0 Å². The van der Waals surface area contributed by atoms with Crippen LogP contribution in [-0.4, -0.2) is 42.5 Å². The minimum absolute atomic E-state index is 0.280. The maximum Gasteiger partial charge on any atom is 0.408 e. The van der Waals surface area contributed by atoms with Gasteiger partial charge in [0.1, 0.15) is 41.1 Å². The second kappa shape index (κ2) is 18.8. The molecule has 47 heavy (non-hydrogen) atoms. The fourth-order valence-corrected chi connectivity index (χ4v) is 4.67. The van der Waals surface area contributed by atoms with E-state index in [9.17, 15) is 9.59 Å². The maximum atomic E-state index is 13.0. The van der Waals surface area contributed by atoms with Crippen LogP contribution in [0.25, 0.3) is 0 Å². The van der Waals surface area contributed by atoms with Gasteiger partial charge in [0.25, 0.3) is 0 Å². The zero-order valence-electron chi connectivity index (χ0n) is 29.0. The third-order valence-electron chi connectivity index (χ3n) is 6.89. The van der Waals surface area contributed by atoms with Crippen LogP contribution in [0.4, 0.5) is 4.79 Å². The molecule has 0 radical (unpaired) electrons. The lowest BCUT2D eigenvalue weighted by Crippen LogP contribution is -2.45. The fraction of sp³-hybridized carbons (Fsp3) is 0.487. The van der Waals surface area contributed by atoms with Gasteiger partial charge in [-0.25, -0.2) is 9.59 Å². The van der Waals surface area contributed by atoms with Crippen LogP contribution in [0.2, 0.25) is 0 Å². The highest BCUT2D eigenvalue weighted by Crippen LogP contribution is 2.21. The summed E-state index contributed by atoms with van der Waals surface area (Å²) in [4.78, 5) is 25.5. The Morgan fingerprint density at radius 2 is 1.17 bits per heavy atom. The first-order chi connectivity index (χ1) is 22.4. The minimum Gasteiger partial charge on any atom is -0.494 e. The first-order valence-corrected chi connectivity index (χ1v) is 16.7. The average molecular weight is 648 g/mol. The van der Waals surface area contributed by atoms with E-state index >= 15 is 0 Å². The van der Waals surface area contributed by atoms with Crippen molar-refractivity contribution in [3.8, 4) is 17.2 Å². The van der Waals surface area contributed by atoms with Gasteiger partial charge in [-0.1, -0.05) is 68.1 Å². The van der Waals surface area contributed by atoms with Crippen molar-refractivity contribution in [1.82, 2.24) is 5.32 Å². The van der Waals surface area contributed by atoms with Gasteiger partial charge in [0.05, 0.1) is 13.2 Å². The number of hydrogen-bond acceptors (Lipinski definition) is 7. The fourth-order valence-electron chi connectivity index (χ4n) is 4.67. The number of esters is 1. The van der Waals surface area contributed by atoms with Crippen molar-refractivity contribution in [3.05, 3.63) is 90.0 Å². The molecule has 0 fully saturated rings. The van der Waals surface area contributed by atoms with E-state index in [1.165, 1.54) is 0 Å². The highest BCUT2D eigenvalue weighted by atomic mass is 16.6. The van der Waals surface area contributed by atoms with Crippen molar-refractivity contribution in [2.45, 2.75) is 110 Å². The van der Waals surface area contributed by atoms with E-state index in [1.807, 2.05) is 99.6 Å². The Labute approximate surface area is 281 Å². The summed E-state index contributed by atoms with van der Waals surface area (Å²) in [6.45, 7) is 12.8. The molecule has 0 unspecified atom stereocenters. The number of alkyl carbamates (subject to hydrolysis) is 1. The summed E-state index contributed by atoms with van der Waals surface area (Å²) >= 11 is 0. The van der Waals surface area contributed by atoms with Gasteiger partial charge in [-0.15, -0.1) is 0 Å². The Kier molecular flexibility index (Phi) is 14.9. The van der Waals surface area contributed by atoms with Crippen molar-refractivity contribution >= 4 is 12.1 Å². The maximum absolute atomic E-state index is 13.0. The van der Waals surface area contributed by atoms with Crippen LogP contribution < -0.4 is 19.5 Å². The van der Waals surface area contributed by atoms with E-state index in [-0.39, 0.29) is 12.0 Å². The number of hydrogen-bond donors (Lipinski definition) is 1. The Balaban J connectivity index is 1.31. The van der Waals surface area contributed by atoms with Crippen molar-refractivity contribution < 1.29 is 33.3 Å². The highest BCUT2D eigenvalue weighted by molar-refractivity contribution is 5.81. The van der Waals surface area contributed by atoms with Crippen LogP contribution in [0.1, 0.15) is 91.2 Å². The zero-order valence-corrected chi connectivity index (χ0v) is 29.0. The van der Waals surface area contributed by atoms with Crippen molar-refractivity contribution in [2.75, 3.05) is 13.2 Å². The normalized spacial score (nSPS) is 12.1. The molecule has 0 aliphatic heterocycles.